The summed E-state index contributed by atoms with van der Waals surface area (Å²) in [5, 5.41) is 28.0. The number of carboxylic acid groups (broad SMARTS) is 1. The lowest BCUT2D eigenvalue weighted by Gasteiger charge is -2.14. The van der Waals surface area contributed by atoms with Crippen molar-refractivity contribution in [2.75, 3.05) is 26.4 Å². The molecule has 0 radical (unpaired) electrons. The second kappa shape index (κ2) is 9.81. The van der Waals surface area contributed by atoms with Gasteiger partial charge in [-0.1, -0.05) is 0 Å². The number of phosphoric acid groups is 1. The molecule has 0 heterocycles. The first-order valence-corrected chi connectivity index (χ1v) is 7.15. The second-order valence-corrected chi connectivity index (χ2v) is 5.13. The molecule has 0 aromatic heterocycles. The summed E-state index contributed by atoms with van der Waals surface area (Å²) in [6, 6.07) is 0. The fourth-order valence-electron chi connectivity index (χ4n) is 0.931. The van der Waals surface area contributed by atoms with Crippen molar-refractivity contribution >= 4 is 19.7 Å². The highest BCUT2D eigenvalue weighted by molar-refractivity contribution is 7.47. The molecule has 0 aliphatic carbocycles. The monoisotopic (exact) mass is 315 g/mol. The zero-order chi connectivity index (χ0) is 15.6. The Bertz CT molecular complexity index is 361. The van der Waals surface area contributed by atoms with Crippen molar-refractivity contribution in [3.63, 3.8) is 0 Å². The number of hydrogen-bond acceptors (Lipinski definition) is 7. The van der Waals surface area contributed by atoms with Crippen molar-refractivity contribution in [2.24, 2.45) is 0 Å². The van der Waals surface area contributed by atoms with Gasteiger partial charge in [-0.2, -0.15) is 0 Å². The van der Waals surface area contributed by atoms with Gasteiger partial charge in [-0.25, -0.2) is 4.57 Å². The van der Waals surface area contributed by atoms with E-state index in [2.05, 4.69) is 14.4 Å². The van der Waals surface area contributed by atoms with Crippen LogP contribution in [0.5, 0.6) is 0 Å². The lowest BCUT2D eigenvalue weighted by molar-refractivity contribution is -0.138. The largest absolute Gasteiger partial charge is 0.481 e. The molecule has 11 heteroatoms. The molecule has 0 aromatic rings. The molecule has 0 saturated heterocycles. The Hall–Kier alpha value is -1.03. The second-order valence-electron chi connectivity index (χ2n) is 3.68. The first kappa shape index (κ1) is 19.0. The van der Waals surface area contributed by atoms with Gasteiger partial charge in [0.25, 0.3) is 0 Å². The lowest BCUT2D eigenvalue weighted by Crippen LogP contribution is -2.27. The van der Waals surface area contributed by atoms with E-state index in [1.165, 1.54) is 0 Å². The van der Waals surface area contributed by atoms with Gasteiger partial charge in [-0.15, -0.1) is 0 Å². The van der Waals surface area contributed by atoms with E-state index in [-0.39, 0.29) is 26.0 Å². The molecular weight excluding hydrogens is 297 g/mol. The maximum Gasteiger partial charge on any atom is 0.472 e. The predicted octanol–water partition coefficient (Wildman–Crippen LogP) is -1.55. The maximum absolute atomic E-state index is 11.2. The van der Waals surface area contributed by atoms with Crippen molar-refractivity contribution in [2.45, 2.75) is 18.9 Å². The van der Waals surface area contributed by atoms with E-state index in [0.717, 1.165) is 0 Å². The quantitative estimate of drug-likeness (QED) is 0.224. The van der Waals surface area contributed by atoms with Crippen LogP contribution in [-0.2, 0) is 23.2 Å². The van der Waals surface area contributed by atoms with Gasteiger partial charge in [-0.05, 0) is 0 Å². The van der Waals surface area contributed by atoms with E-state index in [1.807, 2.05) is 0 Å². The highest BCUT2D eigenvalue weighted by atomic mass is 31.2. The fraction of sp³-hybridized carbons (Fsp3) is 0.778. The maximum atomic E-state index is 11.2. The average Bonchev–Trinajstić information content (AvgIpc) is 2.38. The molecule has 0 rings (SSSR count). The Labute approximate surface area is 114 Å². The van der Waals surface area contributed by atoms with Gasteiger partial charge >= 0.3 is 13.8 Å². The summed E-state index contributed by atoms with van der Waals surface area (Å²) in [6.45, 7) is -1.63. The highest BCUT2D eigenvalue weighted by Crippen LogP contribution is 2.42. The summed E-state index contributed by atoms with van der Waals surface area (Å²) in [5.41, 5.74) is 0. The molecule has 1 amide bonds. The average molecular weight is 315 g/mol. The summed E-state index contributed by atoms with van der Waals surface area (Å²) in [7, 11) is -4.37. The number of nitrogens with one attached hydrogen (secondary N) is 1. The standard InChI is InChI=1S/C9H18NO9P/c11-5-7(12)6-19-20(16,17)18-4-3-10-8(13)1-2-9(14)15/h7,11-12H,1-6H2,(H,10,13)(H,14,15)(H,16,17). The number of aliphatic carboxylic acids is 1. The van der Waals surface area contributed by atoms with Crippen LogP contribution in [0.4, 0.5) is 0 Å². The van der Waals surface area contributed by atoms with Crippen LogP contribution >= 0.6 is 7.82 Å². The lowest BCUT2D eigenvalue weighted by atomic mass is 10.3. The van der Waals surface area contributed by atoms with Crippen molar-refractivity contribution in [3.8, 4) is 0 Å². The van der Waals surface area contributed by atoms with Gasteiger partial charge in [0, 0.05) is 13.0 Å². The number of hydrogen-bond donors (Lipinski definition) is 5. The molecule has 0 spiro atoms. The fourth-order valence-corrected chi connectivity index (χ4v) is 1.69. The Morgan fingerprint density at radius 3 is 2.45 bits per heavy atom. The summed E-state index contributed by atoms with van der Waals surface area (Å²) < 4.78 is 20.0. The molecule has 0 saturated carbocycles. The minimum atomic E-state index is -4.37. The number of aliphatic hydroxyl groups is 2. The number of carbonyl (C=O) groups excluding carboxylic acids is 1. The topological polar surface area (TPSA) is 163 Å². The van der Waals surface area contributed by atoms with Gasteiger partial charge in [0.1, 0.15) is 6.10 Å². The van der Waals surface area contributed by atoms with E-state index in [4.69, 9.17) is 20.2 Å². The third-order valence-corrected chi connectivity index (χ3v) is 2.87. The molecule has 5 N–H and O–H groups in total. The van der Waals surface area contributed by atoms with Crippen LogP contribution in [0, 0.1) is 0 Å². The minimum absolute atomic E-state index is 0.102. The molecule has 0 fully saturated rings. The molecular formula is C9H18NO9P. The van der Waals surface area contributed by atoms with E-state index < -0.39 is 39.0 Å². The van der Waals surface area contributed by atoms with E-state index in [0.29, 0.717) is 0 Å². The van der Waals surface area contributed by atoms with Crippen molar-refractivity contribution in [1.29, 1.82) is 0 Å². The summed E-state index contributed by atoms with van der Waals surface area (Å²) in [4.78, 5) is 30.4. The van der Waals surface area contributed by atoms with Crippen LogP contribution in [0.1, 0.15) is 12.8 Å². The molecule has 2 unspecified atom stereocenters. The van der Waals surface area contributed by atoms with Crippen LogP contribution < -0.4 is 5.32 Å². The summed E-state index contributed by atoms with van der Waals surface area (Å²) >= 11 is 0. The van der Waals surface area contributed by atoms with Gasteiger partial charge in [-0.3, -0.25) is 18.6 Å². The Kier molecular flexibility index (Phi) is 9.30. The van der Waals surface area contributed by atoms with Crippen LogP contribution in [-0.4, -0.2) is 64.6 Å². The summed E-state index contributed by atoms with van der Waals surface area (Å²) in [5.74, 6) is -1.63. The highest BCUT2D eigenvalue weighted by Gasteiger charge is 2.22. The molecule has 20 heavy (non-hydrogen) atoms. The van der Waals surface area contributed by atoms with Gasteiger partial charge in [0.15, 0.2) is 0 Å². The Morgan fingerprint density at radius 2 is 1.90 bits per heavy atom. The van der Waals surface area contributed by atoms with Crippen molar-refractivity contribution in [3.05, 3.63) is 0 Å². The van der Waals surface area contributed by atoms with Crippen LogP contribution in [0.15, 0.2) is 0 Å². The van der Waals surface area contributed by atoms with E-state index in [1.54, 1.807) is 0 Å². The number of phosphoric ester groups is 1. The first-order chi connectivity index (χ1) is 9.26. The van der Waals surface area contributed by atoms with E-state index >= 15 is 0 Å². The number of carbonyl (C=O) groups is 2. The van der Waals surface area contributed by atoms with Crippen LogP contribution in [0.3, 0.4) is 0 Å². The Morgan fingerprint density at radius 1 is 1.25 bits per heavy atom. The smallest absolute Gasteiger partial charge is 0.472 e. The molecule has 0 aromatic carbocycles. The number of amides is 1. The number of aliphatic hydroxyl groups excluding tert-OH is 2. The molecule has 0 aliphatic heterocycles. The third-order valence-electron chi connectivity index (χ3n) is 1.89. The molecule has 118 valence electrons. The normalized spacial score (nSPS) is 15.3. The van der Waals surface area contributed by atoms with Gasteiger partial charge < -0.3 is 25.5 Å². The van der Waals surface area contributed by atoms with Gasteiger partial charge in [0.05, 0.1) is 26.2 Å². The zero-order valence-electron chi connectivity index (χ0n) is 10.6. The van der Waals surface area contributed by atoms with Crippen LogP contribution in [0.25, 0.3) is 0 Å². The summed E-state index contributed by atoms with van der Waals surface area (Å²) in [6.07, 6.45) is -1.81. The Balaban J connectivity index is 3.74. The van der Waals surface area contributed by atoms with Gasteiger partial charge in [0.2, 0.25) is 5.91 Å². The molecule has 2 atom stereocenters. The molecule has 0 bridgehead atoms. The number of rotatable bonds is 11. The van der Waals surface area contributed by atoms with Crippen molar-refractivity contribution in [1.82, 2.24) is 5.32 Å². The number of carboxylic acids is 1. The predicted molar refractivity (Wildman–Crippen MR) is 64.7 cm³/mol. The minimum Gasteiger partial charge on any atom is -0.481 e. The first-order valence-electron chi connectivity index (χ1n) is 5.66. The van der Waals surface area contributed by atoms with Crippen LogP contribution in [0.2, 0.25) is 0 Å². The molecule has 0 aliphatic rings. The molecule has 10 nitrogen and oxygen atoms in total. The SMILES string of the molecule is O=C(O)CCC(=O)NCCOP(=O)(O)OCC(O)CO. The van der Waals surface area contributed by atoms with Crippen molar-refractivity contribution < 1.29 is 43.4 Å². The zero-order valence-corrected chi connectivity index (χ0v) is 11.5. The van der Waals surface area contributed by atoms with E-state index in [9.17, 15) is 14.2 Å². The third kappa shape index (κ3) is 10.9.